The molecule has 1 N–H and O–H groups in total. The van der Waals surface area contributed by atoms with E-state index in [1.54, 1.807) is 0 Å². The van der Waals surface area contributed by atoms with E-state index in [-0.39, 0.29) is 0 Å². The van der Waals surface area contributed by atoms with Crippen molar-refractivity contribution in [3.05, 3.63) is 34.0 Å². The second-order valence-electron chi connectivity index (χ2n) is 4.22. The number of aryl methyl sites for hydroxylation is 3. The number of H-pyrrole nitrogens is 1. The summed E-state index contributed by atoms with van der Waals surface area (Å²) in [5, 5.41) is 1.41. The van der Waals surface area contributed by atoms with E-state index >= 15 is 0 Å². The smallest absolute Gasteiger partial charge is 0.0491 e. The molecule has 0 radical (unpaired) electrons. The molecule has 1 aromatic heterocycles. The van der Waals surface area contributed by atoms with E-state index in [9.17, 15) is 0 Å². The lowest BCUT2D eigenvalue weighted by atomic mass is 9.94. The van der Waals surface area contributed by atoms with Crippen LogP contribution in [0.15, 0.2) is 6.20 Å². The summed E-state index contributed by atoms with van der Waals surface area (Å²) in [6, 6.07) is 0. The van der Waals surface area contributed by atoms with Crippen molar-refractivity contribution >= 4 is 10.9 Å². The summed E-state index contributed by atoms with van der Waals surface area (Å²) in [6.07, 6.45) is 2.10. The van der Waals surface area contributed by atoms with Gasteiger partial charge in [0.1, 0.15) is 0 Å². The third kappa shape index (κ3) is 1.02. The maximum atomic E-state index is 3.36. The SMILES string of the molecule is Cc1c(C)c(C)c2c(C)c[nH]c2c1C. The number of aromatic nitrogens is 1. The molecule has 0 atom stereocenters. The Kier molecular flexibility index (Phi) is 1.91. The van der Waals surface area contributed by atoms with Crippen molar-refractivity contribution in [1.29, 1.82) is 0 Å². The molecule has 0 aliphatic carbocycles. The molecule has 0 unspecified atom stereocenters. The predicted octanol–water partition coefficient (Wildman–Crippen LogP) is 3.71. The second kappa shape index (κ2) is 2.88. The van der Waals surface area contributed by atoms with Crippen LogP contribution >= 0.6 is 0 Å². The molecule has 2 rings (SSSR count). The molecule has 1 heterocycles. The number of nitrogens with one attached hydrogen (secondary N) is 1. The molecule has 0 amide bonds. The number of fused-ring (bicyclic) bond motifs is 1. The number of hydrogen-bond donors (Lipinski definition) is 1. The highest BCUT2D eigenvalue weighted by atomic mass is 14.7. The Morgan fingerprint density at radius 3 is 2.00 bits per heavy atom. The highest BCUT2D eigenvalue weighted by Gasteiger charge is 2.11. The Balaban J connectivity index is 3.05. The van der Waals surface area contributed by atoms with Gasteiger partial charge in [0.15, 0.2) is 0 Å². The molecule has 74 valence electrons. The van der Waals surface area contributed by atoms with Crippen molar-refractivity contribution in [2.75, 3.05) is 0 Å². The molecule has 14 heavy (non-hydrogen) atoms. The Bertz CT molecular complexity index is 504. The summed E-state index contributed by atoms with van der Waals surface area (Å²) in [6.45, 7) is 11.0. The van der Waals surface area contributed by atoms with E-state index in [1.165, 1.54) is 38.7 Å². The van der Waals surface area contributed by atoms with E-state index in [1.807, 2.05) is 0 Å². The highest BCUT2D eigenvalue weighted by molar-refractivity contribution is 5.90. The molecule has 0 aliphatic heterocycles. The first-order chi connectivity index (χ1) is 6.54. The lowest BCUT2D eigenvalue weighted by Crippen LogP contribution is -1.93. The van der Waals surface area contributed by atoms with Crippen LogP contribution < -0.4 is 0 Å². The maximum absolute atomic E-state index is 3.36. The Morgan fingerprint density at radius 2 is 1.36 bits per heavy atom. The third-order valence-electron chi connectivity index (χ3n) is 3.51. The van der Waals surface area contributed by atoms with E-state index in [2.05, 4.69) is 45.8 Å². The van der Waals surface area contributed by atoms with Crippen LogP contribution in [-0.4, -0.2) is 4.98 Å². The number of hydrogen-bond acceptors (Lipinski definition) is 0. The summed E-state index contributed by atoms with van der Waals surface area (Å²) in [4.78, 5) is 3.36. The Labute approximate surface area is 85.1 Å². The van der Waals surface area contributed by atoms with E-state index in [4.69, 9.17) is 0 Å². The molecule has 1 aromatic carbocycles. The van der Waals surface area contributed by atoms with Crippen LogP contribution in [0.25, 0.3) is 10.9 Å². The van der Waals surface area contributed by atoms with Crippen molar-refractivity contribution in [2.45, 2.75) is 34.6 Å². The van der Waals surface area contributed by atoms with Crippen LogP contribution in [0.4, 0.5) is 0 Å². The van der Waals surface area contributed by atoms with Crippen molar-refractivity contribution in [3.8, 4) is 0 Å². The van der Waals surface area contributed by atoms with Gasteiger partial charge in [0.05, 0.1) is 0 Å². The van der Waals surface area contributed by atoms with Crippen LogP contribution in [0, 0.1) is 34.6 Å². The predicted molar refractivity (Wildman–Crippen MR) is 62.0 cm³/mol. The van der Waals surface area contributed by atoms with Crippen molar-refractivity contribution in [3.63, 3.8) is 0 Å². The Hall–Kier alpha value is -1.24. The standard InChI is InChI=1S/C13H17N/c1-7-6-14-13-11(5)9(3)8(2)10(4)12(7)13/h6,14H,1-5H3. The lowest BCUT2D eigenvalue weighted by molar-refractivity contribution is 1.24. The minimum atomic E-state index is 1.31. The number of benzene rings is 1. The molecule has 0 saturated carbocycles. The van der Waals surface area contributed by atoms with Gasteiger partial charge in [-0.1, -0.05) is 0 Å². The van der Waals surface area contributed by atoms with Crippen LogP contribution in [-0.2, 0) is 0 Å². The largest absolute Gasteiger partial charge is 0.361 e. The first-order valence-electron chi connectivity index (χ1n) is 5.08. The molecular weight excluding hydrogens is 170 g/mol. The van der Waals surface area contributed by atoms with Crippen molar-refractivity contribution < 1.29 is 0 Å². The fraction of sp³-hybridized carbons (Fsp3) is 0.385. The highest BCUT2D eigenvalue weighted by Crippen LogP contribution is 2.30. The van der Waals surface area contributed by atoms with Gasteiger partial charge >= 0.3 is 0 Å². The quantitative estimate of drug-likeness (QED) is 0.647. The van der Waals surface area contributed by atoms with Crippen LogP contribution in [0.5, 0.6) is 0 Å². The molecule has 0 saturated heterocycles. The molecule has 0 spiro atoms. The first kappa shape index (κ1) is 9.32. The van der Waals surface area contributed by atoms with Crippen LogP contribution in [0.3, 0.4) is 0 Å². The monoisotopic (exact) mass is 187 g/mol. The van der Waals surface area contributed by atoms with Gasteiger partial charge in [0.2, 0.25) is 0 Å². The summed E-state index contributed by atoms with van der Waals surface area (Å²) >= 11 is 0. The number of rotatable bonds is 0. The van der Waals surface area contributed by atoms with E-state index < -0.39 is 0 Å². The Morgan fingerprint density at radius 1 is 0.786 bits per heavy atom. The fourth-order valence-corrected chi connectivity index (χ4v) is 2.24. The summed E-state index contributed by atoms with van der Waals surface area (Å²) in [5.74, 6) is 0. The molecule has 0 aliphatic rings. The zero-order valence-corrected chi connectivity index (χ0v) is 9.58. The van der Waals surface area contributed by atoms with E-state index in [0.717, 1.165) is 0 Å². The zero-order valence-electron chi connectivity index (χ0n) is 9.58. The lowest BCUT2D eigenvalue weighted by Gasteiger charge is -2.11. The normalized spacial score (nSPS) is 11.2. The van der Waals surface area contributed by atoms with Gasteiger partial charge in [-0.25, -0.2) is 0 Å². The minimum absolute atomic E-state index is 1.31. The second-order valence-corrected chi connectivity index (χ2v) is 4.22. The van der Waals surface area contributed by atoms with Crippen molar-refractivity contribution in [1.82, 2.24) is 4.98 Å². The molecular formula is C13H17N. The molecule has 1 heteroatoms. The summed E-state index contributed by atoms with van der Waals surface area (Å²) in [5.41, 5.74) is 8.31. The van der Waals surface area contributed by atoms with Gasteiger partial charge in [0.25, 0.3) is 0 Å². The van der Waals surface area contributed by atoms with Gasteiger partial charge in [0, 0.05) is 17.1 Å². The van der Waals surface area contributed by atoms with Crippen LogP contribution in [0.1, 0.15) is 27.8 Å². The van der Waals surface area contributed by atoms with Gasteiger partial charge in [-0.05, 0) is 62.4 Å². The van der Waals surface area contributed by atoms with Gasteiger partial charge in [-0.2, -0.15) is 0 Å². The number of aromatic amines is 1. The summed E-state index contributed by atoms with van der Waals surface area (Å²) in [7, 11) is 0. The average molecular weight is 187 g/mol. The maximum Gasteiger partial charge on any atom is 0.0491 e. The third-order valence-corrected chi connectivity index (χ3v) is 3.51. The van der Waals surface area contributed by atoms with Gasteiger partial charge < -0.3 is 4.98 Å². The van der Waals surface area contributed by atoms with Gasteiger partial charge in [-0.15, -0.1) is 0 Å². The minimum Gasteiger partial charge on any atom is -0.361 e. The summed E-state index contributed by atoms with van der Waals surface area (Å²) < 4.78 is 0. The topological polar surface area (TPSA) is 15.8 Å². The molecule has 2 aromatic rings. The zero-order chi connectivity index (χ0) is 10.5. The van der Waals surface area contributed by atoms with Gasteiger partial charge in [-0.3, -0.25) is 0 Å². The first-order valence-corrected chi connectivity index (χ1v) is 5.08. The molecule has 1 nitrogen and oxygen atoms in total. The van der Waals surface area contributed by atoms with Crippen molar-refractivity contribution in [2.24, 2.45) is 0 Å². The van der Waals surface area contributed by atoms with Crippen LogP contribution in [0.2, 0.25) is 0 Å². The molecule has 0 fully saturated rings. The van der Waals surface area contributed by atoms with E-state index in [0.29, 0.717) is 0 Å². The fourth-order valence-electron chi connectivity index (χ4n) is 2.24. The molecule has 0 bridgehead atoms. The average Bonchev–Trinajstić information content (AvgIpc) is 2.54.